The van der Waals surface area contributed by atoms with Gasteiger partial charge in [0.2, 0.25) is 5.91 Å². The van der Waals surface area contributed by atoms with Crippen LogP contribution in [0.15, 0.2) is 36.5 Å². The van der Waals surface area contributed by atoms with Gasteiger partial charge in [-0.05, 0) is 96.4 Å². The standard InChI is InChI=1S/C42H76N2O5/c1-3-5-7-9-10-11-12-13-14-15-16-17-18-19-20-21-22-24-30-36-41(46)49-38(32-27-23-8-6-4-2)33-28-25-26-29-35-40(45)44-39(42(47)48)34-31-37-43/h10-11,13-14,16-17,38-39H,3-9,12,15,18-37,43H2,1-2H3,(H,44,45)(H,47,48)/b11-10-,14-13-,17-16-. The number of aliphatic carboxylic acids is 1. The lowest BCUT2D eigenvalue weighted by molar-refractivity contribution is -0.150. The Labute approximate surface area is 301 Å². The molecule has 0 spiro atoms. The number of esters is 1. The molecule has 0 heterocycles. The summed E-state index contributed by atoms with van der Waals surface area (Å²) in [5.41, 5.74) is 5.47. The summed E-state index contributed by atoms with van der Waals surface area (Å²) in [6.45, 7) is 4.87. The maximum Gasteiger partial charge on any atom is 0.326 e. The quantitative estimate of drug-likeness (QED) is 0.0342. The van der Waals surface area contributed by atoms with Crippen LogP contribution < -0.4 is 11.1 Å². The number of amides is 1. The Hall–Kier alpha value is -2.41. The SMILES string of the molecule is CCCCC/C=C\C/C=C\C/C=C\CCCCCCCCC(=O)OC(CCCCCCC)CCCCCCC(=O)NC(CCCN)C(=O)O. The molecule has 284 valence electrons. The fourth-order valence-corrected chi connectivity index (χ4v) is 5.87. The van der Waals surface area contributed by atoms with Crippen LogP contribution in [0.3, 0.4) is 0 Å². The molecule has 0 bridgehead atoms. The summed E-state index contributed by atoms with van der Waals surface area (Å²) in [7, 11) is 0. The van der Waals surface area contributed by atoms with Gasteiger partial charge in [0.05, 0.1) is 0 Å². The smallest absolute Gasteiger partial charge is 0.326 e. The molecule has 7 nitrogen and oxygen atoms in total. The highest BCUT2D eigenvalue weighted by atomic mass is 16.5. The first-order valence-corrected chi connectivity index (χ1v) is 20.3. The highest BCUT2D eigenvalue weighted by Crippen LogP contribution is 2.18. The van der Waals surface area contributed by atoms with Crippen molar-refractivity contribution >= 4 is 17.8 Å². The molecule has 0 aromatic rings. The van der Waals surface area contributed by atoms with Gasteiger partial charge < -0.3 is 20.9 Å². The van der Waals surface area contributed by atoms with E-state index in [2.05, 4.69) is 55.6 Å². The molecule has 0 radical (unpaired) electrons. The van der Waals surface area contributed by atoms with Gasteiger partial charge in [-0.3, -0.25) is 9.59 Å². The van der Waals surface area contributed by atoms with E-state index in [9.17, 15) is 19.5 Å². The van der Waals surface area contributed by atoms with Crippen LogP contribution in [0.1, 0.15) is 194 Å². The number of carbonyl (C=O) groups excluding carboxylic acids is 2. The second kappa shape index (κ2) is 36.9. The summed E-state index contributed by atoms with van der Waals surface area (Å²) in [6, 6.07) is -0.864. The fourth-order valence-electron chi connectivity index (χ4n) is 5.87. The van der Waals surface area contributed by atoms with Crippen LogP contribution in [0.25, 0.3) is 0 Å². The van der Waals surface area contributed by atoms with E-state index in [1.807, 2.05) is 0 Å². The van der Waals surface area contributed by atoms with Crippen LogP contribution in [0.4, 0.5) is 0 Å². The molecule has 2 unspecified atom stereocenters. The van der Waals surface area contributed by atoms with Crippen molar-refractivity contribution in [2.45, 2.75) is 206 Å². The van der Waals surface area contributed by atoms with Gasteiger partial charge in [0.25, 0.3) is 0 Å². The Kier molecular flexibility index (Phi) is 35.0. The number of allylic oxidation sites excluding steroid dienone is 6. The number of nitrogens with two attached hydrogens (primary N) is 1. The van der Waals surface area contributed by atoms with Gasteiger partial charge in [0, 0.05) is 12.8 Å². The Morgan fingerprint density at radius 2 is 1.06 bits per heavy atom. The van der Waals surface area contributed by atoms with Crippen molar-refractivity contribution in [2.24, 2.45) is 5.73 Å². The van der Waals surface area contributed by atoms with Gasteiger partial charge in [-0.1, -0.05) is 127 Å². The first-order valence-electron chi connectivity index (χ1n) is 20.3. The summed E-state index contributed by atoms with van der Waals surface area (Å²) in [6.07, 6.45) is 42.0. The maximum absolute atomic E-state index is 12.7. The number of carboxylic acids is 1. The molecule has 4 N–H and O–H groups in total. The number of carboxylic acid groups (broad SMARTS) is 1. The van der Waals surface area contributed by atoms with E-state index in [4.69, 9.17) is 10.5 Å². The van der Waals surface area contributed by atoms with Crippen molar-refractivity contribution in [1.29, 1.82) is 0 Å². The molecule has 0 saturated heterocycles. The largest absolute Gasteiger partial charge is 0.480 e. The van der Waals surface area contributed by atoms with Crippen LogP contribution in [0, 0.1) is 0 Å². The molecule has 0 aromatic carbocycles. The molecule has 2 atom stereocenters. The highest BCUT2D eigenvalue weighted by molar-refractivity contribution is 5.83. The molecule has 0 aliphatic rings. The van der Waals surface area contributed by atoms with E-state index in [1.54, 1.807) is 0 Å². The van der Waals surface area contributed by atoms with E-state index in [-0.39, 0.29) is 18.0 Å². The predicted molar refractivity (Wildman–Crippen MR) is 207 cm³/mol. The second-order valence-corrected chi connectivity index (χ2v) is 13.7. The summed E-state index contributed by atoms with van der Waals surface area (Å²) in [4.78, 5) is 36.2. The van der Waals surface area contributed by atoms with Crippen LogP contribution in [-0.4, -0.2) is 41.6 Å². The lowest BCUT2D eigenvalue weighted by atomic mass is 10.0. The van der Waals surface area contributed by atoms with Crippen LogP contribution in [0.2, 0.25) is 0 Å². The number of rotatable bonds is 36. The number of unbranched alkanes of at least 4 members (excludes halogenated alkanes) is 16. The van der Waals surface area contributed by atoms with Crippen molar-refractivity contribution in [2.75, 3.05) is 6.54 Å². The topological polar surface area (TPSA) is 119 Å². The molecule has 0 aromatic heterocycles. The maximum atomic E-state index is 12.7. The molecule has 0 aliphatic heterocycles. The number of ether oxygens (including phenoxy) is 1. The highest BCUT2D eigenvalue weighted by Gasteiger charge is 2.19. The van der Waals surface area contributed by atoms with Crippen molar-refractivity contribution < 1.29 is 24.2 Å². The Morgan fingerprint density at radius 3 is 1.63 bits per heavy atom. The Morgan fingerprint density at radius 1 is 0.592 bits per heavy atom. The number of nitrogens with one attached hydrogen (secondary N) is 1. The molecule has 0 rings (SSSR count). The van der Waals surface area contributed by atoms with E-state index in [0.717, 1.165) is 77.0 Å². The average Bonchev–Trinajstić information content (AvgIpc) is 3.08. The third-order valence-electron chi connectivity index (χ3n) is 8.96. The zero-order valence-electron chi connectivity index (χ0n) is 31.8. The van der Waals surface area contributed by atoms with Gasteiger partial charge in [-0.25, -0.2) is 4.79 Å². The predicted octanol–water partition coefficient (Wildman–Crippen LogP) is 11.1. The molecule has 0 fully saturated rings. The minimum absolute atomic E-state index is 0.0167. The zero-order valence-corrected chi connectivity index (χ0v) is 31.8. The number of carbonyl (C=O) groups is 3. The van der Waals surface area contributed by atoms with Crippen molar-refractivity contribution in [3.63, 3.8) is 0 Å². The number of hydrogen-bond acceptors (Lipinski definition) is 5. The van der Waals surface area contributed by atoms with E-state index in [1.165, 1.54) is 77.0 Å². The molecular formula is C42H76N2O5. The molecule has 49 heavy (non-hydrogen) atoms. The fraction of sp³-hybridized carbons (Fsp3) is 0.786. The number of hydrogen-bond donors (Lipinski definition) is 3. The molecule has 7 heteroatoms. The van der Waals surface area contributed by atoms with Crippen molar-refractivity contribution in [3.8, 4) is 0 Å². The van der Waals surface area contributed by atoms with Crippen molar-refractivity contribution in [3.05, 3.63) is 36.5 Å². The average molecular weight is 689 g/mol. The Balaban J connectivity index is 4.09. The first kappa shape index (κ1) is 46.6. The van der Waals surface area contributed by atoms with Crippen molar-refractivity contribution in [1.82, 2.24) is 5.32 Å². The third kappa shape index (κ3) is 33.8. The normalized spacial score (nSPS) is 13.0. The van der Waals surface area contributed by atoms with E-state index < -0.39 is 12.0 Å². The summed E-state index contributed by atoms with van der Waals surface area (Å²) >= 11 is 0. The van der Waals surface area contributed by atoms with E-state index >= 15 is 0 Å². The molecular weight excluding hydrogens is 612 g/mol. The Bertz CT molecular complexity index is 869. The summed E-state index contributed by atoms with van der Waals surface area (Å²) in [5, 5.41) is 11.9. The van der Waals surface area contributed by atoms with Gasteiger partial charge in [-0.2, -0.15) is 0 Å². The zero-order chi connectivity index (χ0) is 36.0. The van der Waals surface area contributed by atoms with Crippen LogP contribution in [-0.2, 0) is 19.1 Å². The monoisotopic (exact) mass is 689 g/mol. The molecule has 0 aliphatic carbocycles. The first-order chi connectivity index (χ1) is 23.9. The van der Waals surface area contributed by atoms with Gasteiger partial charge in [0.1, 0.15) is 12.1 Å². The van der Waals surface area contributed by atoms with Crippen LogP contribution >= 0.6 is 0 Å². The summed E-state index contributed by atoms with van der Waals surface area (Å²) < 4.78 is 5.95. The molecule has 0 saturated carbocycles. The lowest BCUT2D eigenvalue weighted by Gasteiger charge is -2.18. The minimum atomic E-state index is -1.01. The van der Waals surface area contributed by atoms with E-state index in [0.29, 0.717) is 32.2 Å². The second-order valence-electron chi connectivity index (χ2n) is 13.7. The van der Waals surface area contributed by atoms with Gasteiger partial charge in [-0.15, -0.1) is 0 Å². The third-order valence-corrected chi connectivity index (χ3v) is 8.96. The van der Waals surface area contributed by atoms with Gasteiger partial charge in [0.15, 0.2) is 0 Å². The summed E-state index contributed by atoms with van der Waals surface area (Å²) in [5.74, 6) is -1.28. The lowest BCUT2D eigenvalue weighted by Crippen LogP contribution is -2.40. The van der Waals surface area contributed by atoms with Gasteiger partial charge >= 0.3 is 11.9 Å². The molecule has 1 amide bonds. The minimum Gasteiger partial charge on any atom is -0.480 e. The van der Waals surface area contributed by atoms with Crippen LogP contribution in [0.5, 0.6) is 0 Å².